The van der Waals surface area contributed by atoms with E-state index >= 15 is 0 Å². The number of nitrogens with zero attached hydrogens (tertiary/aromatic N) is 2. The number of benzene rings is 1. The van der Waals surface area contributed by atoms with Crippen LogP contribution in [0.25, 0.3) is 0 Å². The normalized spacial score (nSPS) is 10.9. The number of hydrogen-bond donors (Lipinski definition) is 0. The summed E-state index contributed by atoms with van der Waals surface area (Å²) in [6, 6.07) is 15.2. The maximum absolute atomic E-state index is 12.8. The minimum atomic E-state index is -0.124. The molecule has 0 saturated carbocycles. The maximum atomic E-state index is 12.8. The molecule has 0 saturated heterocycles. The average Bonchev–Trinajstić information content (AvgIpc) is 3.35. The SMILES string of the molecule is COCCCN(Cc1cccn1Cc1ccccc1Cl)C(=O)c1ccco1. The Morgan fingerprint density at radius 3 is 2.78 bits per heavy atom. The Kier molecular flexibility index (Phi) is 6.74. The van der Waals surface area contributed by atoms with E-state index in [4.69, 9.17) is 20.8 Å². The highest BCUT2D eigenvalue weighted by atomic mass is 35.5. The molecule has 5 nitrogen and oxygen atoms in total. The minimum absolute atomic E-state index is 0.124. The number of carbonyl (C=O) groups excluding carboxylic acids is 1. The lowest BCUT2D eigenvalue weighted by Gasteiger charge is -2.23. The van der Waals surface area contributed by atoms with Crippen LogP contribution in [0.2, 0.25) is 5.02 Å². The number of rotatable bonds is 9. The van der Waals surface area contributed by atoms with Crippen LogP contribution in [0.15, 0.2) is 65.4 Å². The van der Waals surface area contributed by atoms with Crippen LogP contribution < -0.4 is 0 Å². The van der Waals surface area contributed by atoms with E-state index in [-0.39, 0.29) is 5.91 Å². The lowest BCUT2D eigenvalue weighted by Crippen LogP contribution is -2.32. The standard InChI is InChI=1S/C21H23ClN2O3/c1-26-13-6-12-24(21(25)20-10-5-14-27-20)16-18-8-4-11-23(18)15-17-7-2-3-9-19(17)22/h2-5,7-11,14H,6,12-13,15-16H2,1H3. The Balaban J connectivity index is 1.76. The van der Waals surface area contributed by atoms with Crippen LogP contribution in [-0.4, -0.2) is 35.6 Å². The van der Waals surface area contributed by atoms with E-state index in [0.29, 0.717) is 32.0 Å². The quantitative estimate of drug-likeness (QED) is 0.510. The number of hydrogen-bond acceptors (Lipinski definition) is 3. The molecule has 0 fully saturated rings. The van der Waals surface area contributed by atoms with Gasteiger partial charge >= 0.3 is 0 Å². The van der Waals surface area contributed by atoms with E-state index in [2.05, 4.69) is 4.57 Å². The van der Waals surface area contributed by atoms with Crippen molar-refractivity contribution in [2.24, 2.45) is 0 Å². The van der Waals surface area contributed by atoms with Crippen LogP contribution in [0, 0.1) is 0 Å². The van der Waals surface area contributed by atoms with Crippen molar-refractivity contribution in [2.75, 3.05) is 20.3 Å². The van der Waals surface area contributed by atoms with Crippen LogP contribution in [-0.2, 0) is 17.8 Å². The van der Waals surface area contributed by atoms with Gasteiger partial charge in [0.15, 0.2) is 5.76 Å². The first-order valence-electron chi connectivity index (χ1n) is 8.88. The molecule has 0 atom stereocenters. The third-order valence-electron chi connectivity index (χ3n) is 4.37. The van der Waals surface area contributed by atoms with Gasteiger partial charge in [0.05, 0.1) is 12.8 Å². The molecule has 0 bridgehead atoms. The summed E-state index contributed by atoms with van der Waals surface area (Å²) < 4.78 is 12.5. The van der Waals surface area contributed by atoms with Gasteiger partial charge in [-0.15, -0.1) is 0 Å². The van der Waals surface area contributed by atoms with Gasteiger partial charge in [-0.3, -0.25) is 4.79 Å². The molecule has 2 heterocycles. The number of methoxy groups -OCH3 is 1. The summed E-state index contributed by atoms with van der Waals surface area (Å²) in [5.74, 6) is 0.221. The highest BCUT2D eigenvalue weighted by Gasteiger charge is 2.19. The molecule has 0 unspecified atom stereocenters. The third-order valence-corrected chi connectivity index (χ3v) is 4.74. The topological polar surface area (TPSA) is 47.6 Å². The second-order valence-corrected chi connectivity index (χ2v) is 6.68. The van der Waals surface area contributed by atoms with E-state index in [9.17, 15) is 4.79 Å². The molecule has 6 heteroatoms. The summed E-state index contributed by atoms with van der Waals surface area (Å²) >= 11 is 6.30. The monoisotopic (exact) mass is 386 g/mol. The molecule has 2 aromatic heterocycles. The lowest BCUT2D eigenvalue weighted by molar-refractivity contribution is 0.0688. The van der Waals surface area contributed by atoms with Crippen LogP contribution in [0.3, 0.4) is 0 Å². The van der Waals surface area contributed by atoms with E-state index in [0.717, 1.165) is 22.7 Å². The highest BCUT2D eigenvalue weighted by molar-refractivity contribution is 6.31. The van der Waals surface area contributed by atoms with E-state index < -0.39 is 0 Å². The molecule has 0 spiro atoms. The number of carbonyl (C=O) groups is 1. The largest absolute Gasteiger partial charge is 0.459 e. The maximum Gasteiger partial charge on any atom is 0.289 e. The van der Waals surface area contributed by atoms with Gasteiger partial charge in [0, 0.05) is 43.7 Å². The zero-order valence-corrected chi connectivity index (χ0v) is 16.1. The predicted octanol–water partition coefficient (Wildman–Crippen LogP) is 4.46. The molecule has 0 aliphatic carbocycles. The smallest absolute Gasteiger partial charge is 0.289 e. The van der Waals surface area contributed by atoms with Crippen molar-refractivity contribution in [3.8, 4) is 0 Å². The minimum Gasteiger partial charge on any atom is -0.459 e. The molecule has 3 rings (SSSR count). The van der Waals surface area contributed by atoms with Crippen molar-refractivity contribution in [2.45, 2.75) is 19.5 Å². The van der Waals surface area contributed by atoms with Crippen LogP contribution in [0.5, 0.6) is 0 Å². The summed E-state index contributed by atoms with van der Waals surface area (Å²) in [5, 5.41) is 0.737. The van der Waals surface area contributed by atoms with Crippen molar-refractivity contribution in [3.05, 3.63) is 83.0 Å². The van der Waals surface area contributed by atoms with Gasteiger partial charge in [0.2, 0.25) is 0 Å². The molecular weight excluding hydrogens is 364 g/mol. The zero-order chi connectivity index (χ0) is 19.1. The molecule has 27 heavy (non-hydrogen) atoms. The van der Waals surface area contributed by atoms with Gasteiger partial charge in [0.1, 0.15) is 0 Å². The van der Waals surface area contributed by atoms with Crippen LogP contribution in [0.1, 0.15) is 28.2 Å². The molecular formula is C21H23ClN2O3. The Morgan fingerprint density at radius 2 is 2.04 bits per heavy atom. The van der Waals surface area contributed by atoms with Crippen molar-refractivity contribution in [3.63, 3.8) is 0 Å². The zero-order valence-electron chi connectivity index (χ0n) is 15.3. The number of amides is 1. The predicted molar refractivity (Wildman–Crippen MR) is 105 cm³/mol. The van der Waals surface area contributed by atoms with Gasteiger partial charge < -0.3 is 18.6 Å². The van der Waals surface area contributed by atoms with E-state index in [1.807, 2.05) is 42.6 Å². The number of ether oxygens (including phenoxy) is 1. The van der Waals surface area contributed by atoms with Gasteiger partial charge in [0.25, 0.3) is 5.91 Å². The second-order valence-electron chi connectivity index (χ2n) is 6.27. The van der Waals surface area contributed by atoms with Crippen molar-refractivity contribution < 1.29 is 13.9 Å². The summed E-state index contributed by atoms with van der Waals surface area (Å²) in [7, 11) is 1.66. The molecule has 3 aromatic rings. The summed E-state index contributed by atoms with van der Waals surface area (Å²) in [5.41, 5.74) is 2.08. The summed E-state index contributed by atoms with van der Waals surface area (Å²) in [6.07, 6.45) is 4.28. The fourth-order valence-corrected chi connectivity index (χ4v) is 3.16. The van der Waals surface area contributed by atoms with Gasteiger partial charge in [-0.2, -0.15) is 0 Å². The Morgan fingerprint density at radius 1 is 1.19 bits per heavy atom. The fourth-order valence-electron chi connectivity index (χ4n) is 2.96. The molecule has 0 N–H and O–H groups in total. The van der Waals surface area contributed by atoms with Crippen molar-refractivity contribution in [1.29, 1.82) is 0 Å². The number of halogens is 1. The fraction of sp³-hybridized carbons (Fsp3) is 0.286. The van der Waals surface area contributed by atoms with Crippen molar-refractivity contribution >= 4 is 17.5 Å². The third kappa shape index (κ3) is 5.02. The molecule has 1 amide bonds. The lowest BCUT2D eigenvalue weighted by atomic mass is 10.2. The van der Waals surface area contributed by atoms with E-state index in [1.165, 1.54) is 6.26 Å². The first-order valence-corrected chi connectivity index (χ1v) is 9.26. The summed E-state index contributed by atoms with van der Waals surface area (Å²) in [4.78, 5) is 14.6. The molecule has 142 valence electrons. The number of furan rings is 1. The average molecular weight is 387 g/mol. The Bertz CT molecular complexity index is 858. The van der Waals surface area contributed by atoms with Crippen LogP contribution in [0.4, 0.5) is 0 Å². The van der Waals surface area contributed by atoms with Crippen LogP contribution >= 0.6 is 11.6 Å². The van der Waals surface area contributed by atoms with Gasteiger partial charge in [-0.25, -0.2) is 0 Å². The molecule has 1 aromatic carbocycles. The van der Waals surface area contributed by atoms with E-state index in [1.54, 1.807) is 24.1 Å². The Labute approximate surface area is 164 Å². The molecule has 0 radical (unpaired) electrons. The van der Waals surface area contributed by atoms with Crippen molar-refractivity contribution in [1.82, 2.24) is 9.47 Å². The first kappa shape index (κ1) is 19.3. The Hall–Kier alpha value is -2.50. The first-order chi connectivity index (χ1) is 13.2. The highest BCUT2D eigenvalue weighted by Crippen LogP contribution is 2.19. The summed E-state index contributed by atoms with van der Waals surface area (Å²) in [6.45, 7) is 2.33. The number of aromatic nitrogens is 1. The second kappa shape index (κ2) is 9.44. The van der Waals surface area contributed by atoms with Gasteiger partial charge in [-0.05, 0) is 42.3 Å². The molecule has 0 aliphatic rings. The molecule has 0 aliphatic heterocycles. The van der Waals surface area contributed by atoms with Gasteiger partial charge in [-0.1, -0.05) is 29.8 Å².